The van der Waals surface area contributed by atoms with E-state index >= 15 is 0 Å². The second-order valence-corrected chi connectivity index (χ2v) is 4.45. The highest BCUT2D eigenvalue weighted by molar-refractivity contribution is 5.90. The molecule has 9 heteroatoms. The maximum absolute atomic E-state index is 10.9. The molecule has 1 rings (SSSR count). The molecule has 0 atom stereocenters. The molecule has 0 aliphatic rings. The van der Waals surface area contributed by atoms with E-state index in [0.29, 0.717) is 33.0 Å². The third-order valence-corrected chi connectivity index (χ3v) is 2.68. The van der Waals surface area contributed by atoms with Crippen molar-refractivity contribution in [1.29, 1.82) is 0 Å². The highest BCUT2D eigenvalue weighted by atomic mass is 16.6. The van der Waals surface area contributed by atoms with Crippen LogP contribution in [0.2, 0.25) is 0 Å². The molecule has 9 nitrogen and oxygen atoms in total. The molecule has 0 saturated heterocycles. The van der Waals surface area contributed by atoms with Gasteiger partial charge in [0.25, 0.3) is 0 Å². The molecule has 1 aromatic heterocycles. The van der Waals surface area contributed by atoms with Crippen molar-refractivity contribution in [2.45, 2.75) is 6.92 Å². The highest BCUT2D eigenvalue weighted by Gasteiger charge is 2.13. The molecule has 0 aliphatic heterocycles. The molecule has 0 saturated carbocycles. The number of aromatic nitrogens is 1. The fourth-order valence-corrected chi connectivity index (χ4v) is 1.61. The van der Waals surface area contributed by atoms with Gasteiger partial charge in [-0.05, 0) is 6.92 Å². The first-order chi connectivity index (χ1) is 11.5. The normalized spacial score (nSPS) is 10.5. The lowest BCUT2D eigenvalue weighted by molar-refractivity contribution is 0.0114. The Bertz CT molecular complexity index is 502. The van der Waals surface area contributed by atoms with Gasteiger partial charge < -0.3 is 29.2 Å². The Balaban J connectivity index is 2.27. The molecule has 2 N–H and O–H groups in total. The Morgan fingerprint density at radius 1 is 0.875 bits per heavy atom. The number of hydrogen-bond donors (Lipinski definition) is 2. The van der Waals surface area contributed by atoms with Crippen LogP contribution in [0.15, 0.2) is 12.1 Å². The van der Waals surface area contributed by atoms with Crippen molar-refractivity contribution in [3.63, 3.8) is 0 Å². The summed E-state index contributed by atoms with van der Waals surface area (Å²) in [4.78, 5) is 25.3. The zero-order valence-corrected chi connectivity index (χ0v) is 13.4. The number of carboxylic acids is 2. The monoisotopic (exact) mass is 343 g/mol. The molecular weight excluding hydrogens is 322 g/mol. The molecule has 1 heterocycles. The highest BCUT2D eigenvalue weighted by Crippen LogP contribution is 2.14. The second-order valence-electron chi connectivity index (χ2n) is 4.45. The number of carbonyl (C=O) groups is 2. The lowest BCUT2D eigenvalue weighted by Crippen LogP contribution is -2.13. The molecule has 0 radical (unpaired) electrons. The van der Waals surface area contributed by atoms with Crippen LogP contribution in [0.25, 0.3) is 0 Å². The number of carboxylic acid groups (broad SMARTS) is 2. The van der Waals surface area contributed by atoms with Gasteiger partial charge in [0.2, 0.25) is 0 Å². The van der Waals surface area contributed by atoms with Crippen LogP contribution in [0, 0.1) is 0 Å². The summed E-state index contributed by atoms with van der Waals surface area (Å²) in [6, 6.07) is 2.32. The van der Waals surface area contributed by atoms with Crippen LogP contribution >= 0.6 is 0 Å². The van der Waals surface area contributed by atoms with E-state index in [1.165, 1.54) is 0 Å². The van der Waals surface area contributed by atoms with Crippen molar-refractivity contribution in [3.05, 3.63) is 23.5 Å². The van der Waals surface area contributed by atoms with Crippen LogP contribution in [0.3, 0.4) is 0 Å². The number of aromatic carboxylic acids is 2. The molecular formula is C15H21NO8. The van der Waals surface area contributed by atoms with Crippen LogP contribution in [0.5, 0.6) is 5.75 Å². The van der Waals surface area contributed by atoms with Crippen LogP contribution in [0.4, 0.5) is 0 Å². The van der Waals surface area contributed by atoms with Gasteiger partial charge in [-0.1, -0.05) is 0 Å². The Morgan fingerprint density at radius 3 is 1.79 bits per heavy atom. The van der Waals surface area contributed by atoms with E-state index in [2.05, 4.69) is 4.98 Å². The van der Waals surface area contributed by atoms with Crippen molar-refractivity contribution < 1.29 is 38.7 Å². The largest absolute Gasteiger partial charge is 0.491 e. The van der Waals surface area contributed by atoms with Crippen LogP contribution in [0.1, 0.15) is 27.9 Å². The SMILES string of the molecule is CCOCCOCCOCCOc1cc(C(=O)O)nc(C(=O)O)c1. The van der Waals surface area contributed by atoms with E-state index in [0.717, 1.165) is 12.1 Å². The Morgan fingerprint density at radius 2 is 1.33 bits per heavy atom. The average molecular weight is 343 g/mol. The first-order valence-corrected chi connectivity index (χ1v) is 7.39. The van der Waals surface area contributed by atoms with Crippen LogP contribution in [-0.2, 0) is 14.2 Å². The van der Waals surface area contributed by atoms with Crippen molar-refractivity contribution >= 4 is 11.9 Å². The summed E-state index contributed by atoms with van der Waals surface area (Å²) < 4.78 is 20.9. The third kappa shape index (κ3) is 7.86. The average Bonchev–Trinajstić information content (AvgIpc) is 2.56. The number of ether oxygens (including phenoxy) is 4. The maximum Gasteiger partial charge on any atom is 0.354 e. The molecule has 1 aromatic rings. The minimum atomic E-state index is -1.33. The van der Waals surface area contributed by atoms with E-state index < -0.39 is 23.3 Å². The summed E-state index contributed by atoms with van der Waals surface area (Å²) in [5.41, 5.74) is -0.790. The summed E-state index contributed by atoms with van der Waals surface area (Å²) in [6.45, 7) is 4.80. The van der Waals surface area contributed by atoms with Gasteiger partial charge in [-0.25, -0.2) is 14.6 Å². The molecule has 0 bridgehead atoms. The summed E-state index contributed by atoms with van der Waals surface area (Å²) in [6.07, 6.45) is 0. The van der Waals surface area contributed by atoms with E-state index in [1.807, 2.05) is 6.92 Å². The zero-order valence-electron chi connectivity index (χ0n) is 13.4. The molecule has 0 unspecified atom stereocenters. The summed E-state index contributed by atoms with van der Waals surface area (Å²) in [5.74, 6) is -2.55. The van der Waals surface area contributed by atoms with E-state index in [4.69, 9.17) is 29.2 Å². The Hall–Kier alpha value is -2.23. The topological polar surface area (TPSA) is 124 Å². The zero-order chi connectivity index (χ0) is 17.8. The van der Waals surface area contributed by atoms with E-state index in [9.17, 15) is 9.59 Å². The lowest BCUT2D eigenvalue weighted by Gasteiger charge is -2.09. The van der Waals surface area contributed by atoms with Gasteiger partial charge >= 0.3 is 11.9 Å². The molecule has 0 spiro atoms. The third-order valence-electron chi connectivity index (χ3n) is 2.68. The summed E-state index contributed by atoms with van der Waals surface area (Å²) in [7, 11) is 0. The molecule has 134 valence electrons. The van der Waals surface area contributed by atoms with Crippen molar-refractivity contribution in [1.82, 2.24) is 4.98 Å². The summed E-state index contributed by atoms with van der Waals surface area (Å²) in [5, 5.41) is 17.8. The van der Waals surface area contributed by atoms with Gasteiger partial charge in [-0.3, -0.25) is 0 Å². The van der Waals surface area contributed by atoms with Gasteiger partial charge in [0.05, 0.1) is 33.0 Å². The predicted octanol–water partition coefficient (Wildman–Crippen LogP) is 0.927. The minimum Gasteiger partial charge on any atom is -0.491 e. The molecule has 0 aliphatic carbocycles. The minimum absolute atomic E-state index is 0.108. The van der Waals surface area contributed by atoms with Gasteiger partial charge in [0, 0.05) is 18.7 Å². The quantitative estimate of drug-likeness (QED) is 0.503. The first-order valence-electron chi connectivity index (χ1n) is 7.39. The molecule has 0 aromatic carbocycles. The fourth-order valence-electron chi connectivity index (χ4n) is 1.61. The van der Waals surface area contributed by atoms with Crippen molar-refractivity contribution in [2.24, 2.45) is 0 Å². The number of pyridine rings is 1. The summed E-state index contributed by atoms with van der Waals surface area (Å²) >= 11 is 0. The molecule has 24 heavy (non-hydrogen) atoms. The number of rotatable bonds is 13. The van der Waals surface area contributed by atoms with Gasteiger partial charge in [0.15, 0.2) is 11.4 Å². The van der Waals surface area contributed by atoms with E-state index in [1.54, 1.807) is 0 Å². The van der Waals surface area contributed by atoms with Gasteiger partial charge in [0.1, 0.15) is 12.4 Å². The Kier molecular flexibility index (Phi) is 9.35. The predicted molar refractivity (Wildman–Crippen MR) is 81.8 cm³/mol. The molecule has 0 fully saturated rings. The van der Waals surface area contributed by atoms with Crippen LogP contribution in [-0.4, -0.2) is 73.4 Å². The Labute approximate surface area is 139 Å². The van der Waals surface area contributed by atoms with Crippen molar-refractivity contribution in [2.75, 3.05) is 46.2 Å². The molecule has 0 amide bonds. The van der Waals surface area contributed by atoms with Crippen LogP contribution < -0.4 is 4.74 Å². The first kappa shape index (κ1) is 19.8. The second kappa shape index (κ2) is 11.3. The van der Waals surface area contributed by atoms with Crippen molar-refractivity contribution in [3.8, 4) is 5.75 Å². The lowest BCUT2D eigenvalue weighted by atomic mass is 10.3. The fraction of sp³-hybridized carbons (Fsp3) is 0.533. The van der Waals surface area contributed by atoms with Gasteiger partial charge in [-0.2, -0.15) is 0 Å². The standard InChI is InChI=1S/C15H21NO8/c1-2-21-3-4-22-5-6-23-7-8-24-11-9-12(14(17)18)16-13(10-11)15(19)20/h9-10H,2-8H2,1H3,(H,17,18)(H,19,20). The number of nitrogens with zero attached hydrogens (tertiary/aromatic N) is 1. The smallest absolute Gasteiger partial charge is 0.354 e. The maximum atomic E-state index is 10.9. The number of hydrogen-bond acceptors (Lipinski definition) is 7. The van der Waals surface area contributed by atoms with E-state index in [-0.39, 0.29) is 19.0 Å². The van der Waals surface area contributed by atoms with Gasteiger partial charge in [-0.15, -0.1) is 0 Å².